The van der Waals surface area contributed by atoms with E-state index >= 15 is 0 Å². The highest BCUT2D eigenvalue weighted by molar-refractivity contribution is 5.95. The average molecular weight is 344 g/mol. The Morgan fingerprint density at radius 1 is 1.16 bits per heavy atom. The molecule has 2 N–H and O–H groups in total. The first-order valence-corrected chi connectivity index (χ1v) is 8.49. The number of carbonyl (C=O) groups excluding carboxylic acids is 1. The van der Waals surface area contributed by atoms with Gasteiger partial charge in [0, 0.05) is 29.8 Å². The van der Waals surface area contributed by atoms with Crippen LogP contribution in [0.25, 0.3) is 11.1 Å². The summed E-state index contributed by atoms with van der Waals surface area (Å²) in [6.45, 7) is 4.28. The lowest BCUT2D eigenvalue weighted by Crippen LogP contribution is -2.48. The Morgan fingerprint density at radius 2 is 1.88 bits per heavy atom. The van der Waals surface area contributed by atoms with E-state index in [1.807, 2.05) is 6.92 Å². The second-order valence-corrected chi connectivity index (χ2v) is 6.79. The van der Waals surface area contributed by atoms with E-state index in [-0.39, 0.29) is 23.8 Å². The molecule has 2 aromatic carbocycles. The maximum atomic E-state index is 14.6. The maximum Gasteiger partial charge on any atom is 0.254 e. The number of rotatable bonds is 2. The average Bonchev–Trinajstić information content (AvgIpc) is 2.55. The van der Waals surface area contributed by atoms with Gasteiger partial charge >= 0.3 is 0 Å². The summed E-state index contributed by atoms with van der Waals surface area (Å²) in [4.78, 5) is 14.4. The van der Waals surface area contributed by atoms with Gasteiger partial charge in [0.1, 0.15) is 11.6 Å². The molecule has 2 atom stereocenters. The molecule has 0 bridgehead atoms. The monoisotopic (exact) mass is 344 g/mol. The molecule has 0 radical (unpaired) electrons. The van der Waals surface area contributed by atoms with Crippen LogP contribution in [0.4, 0.5) is 8.78 Å². The van der Waals surface area contributed by atoms with E-state index in [2.05, 4.69) is 0 Å². The van der Waals surface area contributed by atoms with Crippen LogP contribution in [0.15, 0.2) is 36.4 Å². The highest BCUT2D eigenvalue weighted by Gasteiger charge is 2.28. The van der Waals surface area contributed by atoms with E-state index in [1.54, 1.807) is 30.0 Å². The fourth-order valence-corrected chi connectivity index (χ4v) is 3.47. The molecule has 1 fully saturated rings. The van der Waals surface area contributed by atoms with Crippen molar-refractivity contribution in [2.24, 2.45) is 5.73 Å². The van der Waals surface area contributed by atoms with Crippen molar-refractivity contribution < 1.29 is 13.6 Å². The molecule has 0 aromatic heterocycles. The van der Waals surface area contributed by atoms with Gasteiger partial charge in [0.25, 0.3) is 5.91 Å². The molecule has 0 saturated carbocycles. The predicted molar refractivity (Wildman–Crippen MR) is 94.2 cm³/mol. The van der Waals surface area contributed by atoms with Crippen LogP contribution in [0.1, 0.15) is 35.7 Å². The van der Waals surface area contributed by atoms with Crippen molar-refractivity contribution in [2.75, 3.05) is 6.54 Å². The standard InChI is InChI=1S/C20H22F2N2O/c1-12-9-15(21)4-6-17(12)18-5-3-14(11-19(18)22)20(25)24-8-7-16(23)10-13(24)2/h3-6,9,11,13,16H,7-8,10,23H2,1-2H3/t13-,16-/m0/s1. The summed E-state index contributed by atoms with van der Waals surface area (Å²) in [6, 6.07) is 8.86. The zero-order valence-electron chi connectivity index (χ0n) is 14.4. The van der Waals surface area contributed by atoms with Gasteiger partial charge in [-0.25, -0.2) is 8.78 Å². The van der Waals surface area contributed by atoms with Crippen LogP contribution in [0.3, 0.4) is 0 Å². The van der Waals surface area contributed by atoms with Gasteiger partial charge in [-0.15, -0.1) is 0 Å². The van der Waals surface area contributed by atoms with Gasteiger partial charge in [-0.05, 0) is 62.1 Å². The van der Waals surface area contributed by atoms with Gasteiger partial charge in [-0.1, -0.05) is 12.1 Å². The number of nitrogens with zero attached hydrogens (tertiary/aromatic N) is 1. The molecule has 3 rings (SSSR count). The van der Waals surface area contributed by atoms with Crippen LogP contribution in [0.2, 0.25) is 0 Å². The van der Waals surface area contributed by atoms with Crippen LogP contribution in [0, 0.1) is 18.6 Å². The molecule has 25 heavy (non-hydrogen) atoms. The fraction of sp³-hybridized carbons (Fsp3) is 0.350. The molecule has 132 valence electrons. The third kappa shape index (κ3) is 3.56. The second kappa shape index (κ2) is 6.92. The van der Waals surface area contributed by atoms with E-state index in [0.717, 1.165) is 12.8 Å². The van der Waals surface area contributed by atoms with Gasteiger partial charge in [-0.3, -0.25) is 4.79 Å². The number of hydrogen-bond donors (Lipinski definition) is 1. The smallest absolute Gasteiger partial charge is 0.254 e. The van der Waals surface area contributed by atoms with Crippen molar-refractivity contribution in [2.45, 2.75) is 38.8 Å². The number of aryl methyl sites for hydroxylation is 1. The first-order chi connectivity index (χ1) is 11.9. The lowest BCUT2D eigenvalue weighted by atomic mass is 9.96. The maximum absolute atomic E-state index is 14.6. The molecular formula is C20H22F2N2O. The summed E-state index contributed by atoms with van der Waals surface area (Å²) in [7, 11) is 0. The summed E-state index contributed by atoms with van der Waals surface area (Å²) in [5.74, 6) is -1.02. The van der Waals surface area contributed by atoms with E-state index in [1.165, 1.54) is 18.2 Å². The SMILES string of the molecule is Cc1cc(F)ccc1-c1ccc(C(=O)N2CC[C@H](N)C[C@@H]2C)cc1F. The van der Waals surface area contributed by atoms with Gasteiger partial charge in [0.15, 0.2) is 0 Å². The molecule has 1 saturated heterocycles. The fourth-order valence-electron chi connectivity index (χ4n) is 3.47. The predicted octanol–water partition coefficient (Wildman–Crippen LogP) is 3.89. The van der Waals surface area contributed by atoms with Gasteiger partial charge in [0.2, 0.25) is 0 Å². The molecule has 3 nitrogen and oxygen atoms in total. The molecule has 1 aliphatic heterocycles. The molecule has 0 spiro atoms. The molecule has 0 aliphatic carbocycles. The van der Waals surface area contributed by atoms with Crippen molar-refractivity contribution in [3.63, 3.8) is 0 Å². The van der Waals surface area contributed by atoms with Crippen molar-refractivity contribution in [3.05, 3.63) is 59.2 Å². The Bertz CT molecular complexity index is 806. The molecule has 1 aliphatic rings. The number of hydrogen-bond acceptors (Lipinski definition) is 2. The number of halogens is 2. The molecular weight excluding hydrogens is 322 g/mol. The van der Waals surface area contributed by atoms with Gasteiger partial charge < -0.3 is 10.6 Å². The van der Waals surface area contributed by atoms with Crippen LogP contribution in [0.5, 0.6) is 0 Å². The topological polar surface area (TPSA) is 46.3 Å². The van der Waals surface area contributed by atoms with Crippen molar-refractivity contribution >= 4 is 5.91 Å². The zero-order valence-corrected chi connectivity index (χ0v) is 14.4. The zero-order chi connectivity index (χ0) is 18.1. The number of likely N-dealkylation sites (tertiary alicyclic amines) is 1. The minimum absolute atomic E-state index is 0.0401. The highest BCUT2D eigenvalue weighted by Crippen LogP contribution is 2.28. The quantitative estimate of drug-likeness (QED) is 0.898. The van der Waals surface area contributed by atoms with Crippen molar-refractivity contribution in [1.82, 2.24) is 4.90 Å². The summed E-state index contributed by atoms with van der Waals surface area (Å²) in [6.07, 6.45) is 1.51. The summed E-state index contributed by atoms with van der Waals surface area (Å²) < 4.78 is 27.9. The molecule has 5 heteroatoms. The van der Waals surface area contributed by atoms with Crippen LogP contribution in [-0.4, -0.2) is 29.4 Å². The number of piperidine rings is 1. The largest absolute Gasteiger partial charge is 0.336 e. The highest BCUT2D eigenvalue weighted by atomic mass is 19.1. The van der Waals surface area contributed by atoms with E-state index < -0.39 is 5.82 Å². The Morgan fingerprint density at radius 3 is 2.52 bits per heavy atom. The lowest BCUT2D eigenvalue weighted by Gasteiger charge is -2.36. The first-order valence-electron chi connectivity index (χ1n) is 8.49. The summed E-state index contributed by atoms with van der Waals surface area (Å²) in [5.41, 5.74) is 7.89. The Hall–Kier alpha value is -2.27. The molecule has 1 amide bonds. The number of amides is 1. The van der Waals surface area contributed by atoms with Crippen LogP contribution >= 0.6 is 0 Å². The second-order valence-electron chi connectivity index (χ2n) is 6.79. The Labute approximate surface area is 146 Å². The van der Waals surface area contributed by atoms with E-state index in [9.17, 15) is 13.6 Å². The third-order valence-electron chi connectivity index (χ3n) is 4.87. The van der Waals surface area contributed by atoms with E-state index in [4.69, 9.17) is 5.73 Å². The Balaban J connectivity index is 1.88. The Kier molecular flexibility index (Phi) is 4.86. The minimum Gasteiger partial charge on any atom is -0.336 e. The van der Waals surface area contributed by atoms with Crippen LogP contribution in [-0.2, 0) is 0 Å². The molecule has 1 heterocycles. The van der Waals surface area contributed by atoms with Gasteiger partial charge in [-0.2, -0.15) is 0 Å². The van der Waals surface area contributed by atoms with Gasteiger partial charge in [0.05, 0.1) is 0 Å². The number of benzene rings is 2. The lowest BCUT2D eigenvalue weighted by molar-refractivity contribution is 0.0618. The normalized spacial score (nSPS) is 20.6. The summed E-state index contributed by atoms with van der Waals surface area (Å²) in [5, 5.41) is 0. The molecule has 0 unspecified atom stereocenters. The third-order valence-corrected chi connectivity index (χ3v) is 4.87. The van der Waals surface area contributed by atoms with Crippen LogP contribution < -0.4 is 5.73 Å². The first kappa shape index (κ1) is 17.5. The molecule has 2 aromatic rings. The minimum atomic E-state index is -0.484. The number of nitrogens with two attached hydrogens (primary N) is 1. The van der Waals surface area contributed by atoms with Crippen molar-refractivity contribution in [1.29, 1.82) is 0 Å². The van der Waals surface area contributed by atoms with E-state index in [0.29, 0.717) is 28.8 Å². The summed E-state index contributed by atoms with van der Waals surface area (Å²) >= 11 is 0. The number of carbonyl (C=O) groups is 1. The van der Waals surface area contributed by atoms with Crippen molar-refractivity contribution in [3.8, 4) is 11.1 Å².